The molecule has 0 unspecified atom stereocenters. The predicted octanol–water partition coefficient (Wildman–Crippen LogP) is 5.76. The number of halogens is 3. The van der Waals surface area contributed by atoms with Crippen LogP contribution in [-0.4, -0.2) is 34.4 Å². The Morgan fingerprint density at radius 3 is 2.68 bits per heavy atom. The summed E-state index contributed by atoms with van der Waals surface area (Å²) in [6.07, 6.45) is 0.308. The molecule has 1 fully saturated rings. The van der Waals surface area contributed by atoms with Crippen LogP contribution in [0.15, 0.2) is 59.0 Å². The highest BCUT2D eigenvalue weighted by Gasteiger charge is 2.40. The molecule has 0 bridgehead atoms. The maximum Gasteiger partial charge on any atom is 0.263 e. The monoisotopic (exact) mass is 502 g/mol. The molecular weight excluding hydrogens is 478 g/mol. The maximum absolute atomic E-state index is 15.0. The van der Waals surface area contributed by atoms with Crippen LogP contribution in [0.1, 0.15) is 24.1 Å². The average molecular weight is 503 g/mol. The number of carbonyl (C=O) groups excluding carboxylic acids is 1. The molecule has 0 spiro atoms. The summed E-state index contributed by atoms with van der Waals surface area (Å²) in [4.78, 5) is 12.5. The molecule has 34 heavy (non-hydrogen) atoms. The average Bonchev–Trinajstić information content (AvgIpc) is 3.38. The van der Waals surface area contributed by atoms with Crippen molar-refractivity contribution in [3.8, 4) is 11.3 Å². The lowest BCUT2D eigenvalue weighted by Crippen LogP contribution is -2.47. The number of rotatable bonds is 5. The predicted molar refractivity (Wildman–Crippen MR) is 135 cm³/mol. The Labute approximate surface area is 207 Å². The fraction of sp³-hybridized carbons (Fsp3) is 0.280. The summed E-state index contributed by atoms with van der Waals surface area (Å²) in [5, 5.41) is 11.7. The molecule has 1 aliphatic heterocycles. The van der Waals surface area contributed by atoms with E-state index in [1.54, 1.807) is 10.7 Å². The quantitative estimate of drug-likeness (QED) is 0.364. The standard InChI is InChI=1S/C25H24ClFN4O2.ClH/c1-16-11-22(29-24(32)25(27)7-9-28-10-8-25)30-31(16)15-19-13-20(26)12-18-14-21(33-23(18)19)17-5-3-2-4-6-17;/h2-6,11-14,28H,7-10,15H2,1H3,(H,29,30,32);1H. The number of carbonyl (C=O) groups is 1. The second kappa shape index (κ2) is 9.78. The number of hydrogen-bond donors (Lipinski definition) is 2. The number of anilines is 1. The van der Waals surface area contributed by atoms with Crippen molar-refractivity contribution in [3.63, 3.8) is 0 Å². The molecule has 1 amide bonds. The van der Waals surface area contributed by atoms with Crippen molar-refractivity contribution >= 4 is 46.7 Å². The SMILES string of the molecule is Cc1cc(NC(=O)C2(F)CCNCC2)nn1Cc1cc(Cl)cc2cc(-c3ccccc3)oc12.Cl. The number of amides is 1. The summed E-state index contributed by atoms with van der Waals surface area (Å²) >= 11 is 6.39. The molecule has 1 saturated heterocycles. The molecule has 178 valence electrons. The van der Waals surface area contributed by atoms with Gasteiger partial charge in [0.25, 0.3) is 5.91 Å². The molecule has 2 aromatic heterocycles. The van der Waals surface area contributed by atoms with E-state index in [0.29, 0.717) is 30.5 Å². The fourth-order valence-electron chi connectivity index (χ4n) is 4.22. The summed E-state index contributed by atoms with van der Waals surface area (Å²) < 4.78 is 22.9. The number of alkyl halides is 1. The number of fused-ring (bicyclic) bond motifs is 1. The smallest absolute Gasteiger partial charge is 0.263 e. The molecule has 5 rings (SSSR count). The van der Waals surface area contributed by atoms with Crippen molar-refractivity contribution in [1.29, 1.82) is 0 Å². The first kappa shape index (κ1) is 24.3. The van der Waals surface area contributed by atoms with Crippen LogP contribution in [0.5, 0.6) is 0 Å². The van der Waals surface area contributed by atoms with Crippen molar-refractivity contribution in [2.45, 2.75) is 32.0 Å². The maximum atomic E-state index is 15.0. The van der Waals surface area contributed by atoms with E-state index in [9.17, 15) is 9.18 Å². The number of hydrogen-bond acceptors (Lipinski definition) is 4. The lowest BCUT2D eigenvalue weighted by atomic mass is 9.93. The molecule has 1 aliphatic rings. The third-order valence-corrected chi connectivity index (χ3v) is 6.28. The van der Waals surface area contributed by atoms with Crippen LogP contribution < -0.4 is 10.6 Å². The largest absolute Gasteiger partial charge is 0.456 e. The summed E-state index contributed by atoms with van der Waals surface area (Å²) in [7, 11) is 0. The number of nitrogens with zero attached hydrogens (tertiary/aromatic N) is 2. The van der Waals surface area contributed by atoms with Crippen molar-refractivity contribution in [3.05, 3.63) is 70.9 Å². The Hall–Kier alpha value is -2.87. The molecule has 9 heteroatoms. The minimum Gasteiger partial charge on any atom is -0.456 e. The van der Waals surface area contributed by atoms with Crippen LogP contribution in [0.3, 0.4) is 0 Å². The number of benzene rings is 2. The van der Waals surface area contributed by atoms with Gasteiger partial charge in [-0.2, -0.15) is 5.10 Å². The van der Waals surface area contributed by atoms with Gasteiger partial charge < -0.3 is 15.1 Å². The van der Waals surface area contributed by atoms with Gasteiger partial charge in [0.05, 0.1) is 6.54 Å². The van der Waals surface area contributed by atoms with Gasteiger partial charge >= 0.3 is 0 Å². The van der Waals surface area contributed by atoms with E-state index in [0.717, 1.165) is 33.6 Å². The molecule has 0 saturated carbocycles. The second-order valence-electron chi connectivity index (χ2n) is 8.46. The van der Waals surface area contributed by atoms with Crippen molar-refractivity contribution in [2.24, 2.45) is 0 Å². The van der Waals surface area contributed by atoms with Crippen LogP contribution in [0, 0.1) is 6.92 Å². The molecule has 3 heterocycles. The minimum atomic E-state index is -1.87. The Bertz CT molecular complexity index is 1310. The Morgan fingerprint density at radius 1 is 1.21 bits per heavy atom. The summed E-state index contributed by atoms with van der Waals surface area (Å²) in [5.74, 6) is 0.447. The van der Waals surface area contributed by atoms with E-state index in [1.807, 2.05) is 55.5 Å². The number of aromatic nitrogens is 2. The van der Waals surface area contributed by atoms with Gasteiger partial charge in [0.1, 0.15) is 11.3 Å². The van der Waals surface area contributed by atoms with E-state index < -0.39 is 11.6 Å². The summed E-state index contributed by atoms with van der Waals surface area (Å²) in [5.41, 5.74) is 1.53. The van der Waals surface area contributed by atoms with Gasteiger partial charge in [-0.15, -0.1) is 12.4 Å². The van der Waals surface area contributed by atoms with Crippen LogP contribution >= 0.6 is 24.0 Å². The zero-order chi connectivity index (χ0) is 23.0. The van der Waals surface area contributed by atoms with Gasteiger partial charge in [-0.3, -0.25) is 9.48 Å². The molecule has 2 N–H and O–H groups in total. The first-order valence-corrected chi connectivity index (χ1v) is 11.3. The van der Waals surface area contributed by atoms with Gasteiger partial charge in [-0.1, -0.05) is 41.9 Å². The van der Waals surface area contributed by atoms with E-state index >= 15 is 0 Å². The Balaban J connectivity index is 0.00000274. The van der Waals surface area contributed by atoms with E-state index in [2.05, 4.69) is 15.7 Å². The van der Waals surface area contributed by atoms with E-state index in [4.69, 9.17) is 16.0 Å². The van der Waals surface area contributed by atoms with E-state index in [-0.39, 0.29) is 25.2 Å². The van der Waals surface area contributed by atoms with Gasteiger partial charge in [-0.05, 0) is 38.2 Å². The number of furan rings is 1. The minimum absolute atomic E-state index is 0. The van der Waals surface area contributed by atoms with Crippen molar-refractivity contribution < 1.29 is 13.6 Å². The van der Waals surface area contributed by atoms with Gasteiger partial charge in [-0.25, -0.2) is 4.39 Å². The van der Waals surface area contributed by atoms with Crippen LogP contribution in [0.25, 0.3) is 22.3 Å². The summed E-state index contributed by atoms with van der Waals surface area (Å²) in [6.45, 7) is 3.25. The normalized spacial score (nSPS) is 15.1. The van der Waals surface area contributed by atoms with Crippen molar-refractivity contribution in [1.82, 2.24) is 15.1 Å². The zero-order valence-electron chi connectivity index (χ0n) is 18.6. The molecule has 0 atom stereocenters. The topological polar surface area (TPSA) is 72.1 Å². The first-order valence-electron chi connectivity index (χ1n) is 10.9. The molecule has 4 aromatic rings. The molecule has 0 radical (unpaired) electrons. The lowest BCUT2D eigenvalue weighted by Gasteiger charge is -2.28. The zero-order valence-corrected chi connectivity index (χ0v) is 20.2. The molecule has 0 aliphatic carbocycles. The van der Waals surface area contributed by atoms with Crippen molar-refractivity contribution in [2.75, 3.05) is 18.4 Å². The number of aryl methyl sites for hydroxylation is 1. The Kier molecular flexibility index (Phi) is 6.98. The highest BCUT2D eigenvalue weighted by atomic mass is 35.5. The molecular formula is C25H25Cl2FN4O2. The highest BCUT2D eigenvalue weighted by Crippen LogP contribution is 2.33. The summed E-state index contributed by atoms with van der Waals surface area (Å²) in [6, 6.07) is 17.3. The van der Waals surface area contributed by atoms with Crippen LogP contribution in [0.4, 0.5) is 10.2 Å². The lowest BCUT2D eigenvalue weighted by molar-refractivity contribution is -0.129. The first-order chi connectivity index (χ1) is 15.9. The molecule has 6 nitrogen and oxygen atoms in total. The van der Waals surface area contributed by atoms with Crippen LogP contribution in [0.2, 0.25) is 5.02 Å². The van der Waals surface area contributed by atoms with Gasteiger partial charge in [0, 0.05) is 46.1 Å². The third kappa shape index (κ3) is 4.82. The number of piperidine rings is 1. The van der Waals surface area contributed by atoms with Gasteiger partial charge in [0.15, 0.2) is 11.5 Å². The third-order valence-electron chi connectivity index (χ3n) is 6.06. The highest BCUT2D eigenvalue weighted by molar-refractivity contribution is 6.31. The van der Waals surface area contributed by atoms with Crippen LogP contribution in [-0.2, 0) is 11.3 Å². The second-order valence-corrected chi connectivity index (χ2v) is 8.89. The van der Waals surface area contributed by atoms with Gasteiger partial charge in [0.2, 0.25) is 0 Å². The van der Waals surface area contributed by atoms with E-state index in [1.165, 1.54) is 0 Å². The number of nitrogens with one attached hydrogen (secondary N) is 2. The molecule has 2 aromatic carbocycles. The fourth-order valence-corrected chi connectivity index (χ4v) is 4.47. The Morgan fingerprint density at radius 2 is 1.94 bits per heavy atom.